The Morgan fingerprint density at radius 2 is 1.78 bits per heavy atom. The van der Waals surface area contributed by atoms with Crippen molar-refractivity contribution in [3.05, 3.63) is 35.9 Å². The summed E-state index contributed by atoms with van der Waals surface area (Å²) in [5.74, 6) is 0.560. The molecule has 2 saturated heterocycles. The first-order chi connectivity index (χ1) is 13.1. The SMILES string of the molecule is O=C1CCN(C[C@@]2(C(=O)C3CCCC3)CNC[C@@]2(O)c2ccccc2)CC1. The second-order valence-electron chi connectivity index (χ2n) is 8.57. The molecule has 5 nitrogen and oxygen atoms in total. The number of hydrogen-bond acceptors (Lipinski definition) is 5. The number of nitrogens with one attached hydrogen (secondary N) is 1. The minimum atomic E-state index is -1.21. The predicted molar refractivity (Wildman–Crippen MR) is 103 cm³/mol. The average Bonchev–Trinajstić information content (AvgIpc) is 3.34. The molecule has 1 aromatic carbocycles. The number of ketones is 2. The van der Waals surface area contributed by atoms with Gasteiger partial charge in [0.1, 0.15) is 17.2 Å². The van der Waals surface area contributed by atoms with Crippen molar-refractivity contribution in [1.82, 2.24) is 10.2 Å². The highest BCUT2D eigenvalue weighted by atomic mass is 16.3. The molecule has 3 aliphatic rings. The van der Waals surface area contributed by atoms with Crippen LogP contribution in [-0.4, -0.2) is 54.3 Å². The Labute approximate surface area is 161 Å². The zero-order valence-corrected chi connectivity index (χ0v) is 16.0. The van der Waals surface area contributed by atoms with Crippen LogP contribution in [-0.2, 0) is 15.2 Å². The number of β-amino-alcohol motifs (C(OH)–C–C–N with tert-alkyl or cyclic N) is 1. The third-order valence-electron chi connectivity index (χ3n) is 6.96. The molecule has 0 amide bonds. The second-order valence-corrected chi connectivity index (χ2v) is 8.57. The van der Waals surface area contributed by atoms with Crippen LogP contribution in [0.4, 0.5) is 0 Å². The summed E-state index contributed by atoms with van der Waals surface area (Å²) in [5, 5.41) is 15.2. The Morgan fingerprint density at radius 1 is 1.11 bits per heavy atom. The van der Waals surface area contributed by atoms with Gasteiger partial charge in [0, 0.05) is 51.5 Å². The number of Topliss-reactive ketones (excluding diaryl/α,β-unsaturated/α-hetero) is 2. The molecular weight excluding hydrogens is 340 g/mol. The lowest BCUT2D eigenvalue weighted by molar-refractivity contribution is -0.150. The van der Waals surface area contributed by atoms with Crippen LogP contribution in [0.2, 0.25) is 0 Å². The van der Waals surface area contributed by atoms with E-state index in [0.29, 0.717) is 51.3 Å². The van der Waals surface area contributed by atoms with E-state index in [-0.39, 0.29) is 11.7 Å². The third kappa shape index (κ3) is 3.26. The van der Waals surface area contributed by atoms with Crippen LogP contribution in [0.1, 0.15) is 44.1 Å². The molecule has 2 heterocycles. The fourth-order valence-corrected chi connectivity index (χ4v) is 5.34. The molecule has 2 atom stereocenters. The number of nitrogens with zero attached hydrogens (tertiary/aromatic N) is 1. The lowest BCUT2D eigenvalue weighted by Gasteiger charge is -2.45. The maximum Gasteiger partial charge on any atom is 0.147 e. The largest absolute Gasteiger partial charge is 0.383 e. The zero-order valence-electron chi connectivity index (χ0n) is 16.0. The fraction of sp³-hybridized carbons (Fsp3) is 0.636. The van der Waals surface area contributed by atoms with Gasteiger partial charge in [-0.1, -0.05) is 43.2 Å². The number of rotatable bonds is 5. The van der Waals surface area contributed by atoms with Crippen molar-refractivity contribution >= 4 is 11.6 Å². The highest BCUT2D eigenvalue weighted by Crippen LogP contribution is 2.48. The number of piperidine rings is 1. The van der Waals surface area contributed by atoms with Crippen molar-refractivity contribution in [2.24, 2.45) is 11.3 Å². The molecule has 1 saturated carbocycles. The van der Waals surface area contributed by atoms with E-state index in [4.69, 9.17) is 0 Å². The molecule has 0 unspecified atom stereocenters. The van der Waals surface area contributed by atoms with Crippen LogP contribution in [0.3, 0.4) is 0 Å². The minimum absolute atomic E-state index is 0.0477. The molecule has 4 rings (SSSR count). The van der Waals surface area contributed by atoms with Crippen LogP contribution in [0.5, 0.6) is 0 Å². The molecular formula is C22H30N2O3. The van der Waals surface area contributed by atoms with E-state index in [9.17, 15) is 14.7 Å². The second kappa shape index (κ2) is 7.46. The average molecular weight is 370 g/mol. The first-order valence-corrected chi connectivity index (χ1v) is 10.3. The van der Waals surface area contributed by atoms with Gasteiger partial charge >= 0.3 is 0 Å². The number of likely N-dealkylation sites (tertiary alicyclic amines) is 1. The highest BCUT2D eigenvalue weighted by Gasteiger charge is 2.61. The maximum absolute atomic E-state index is 13.8. The van der Waals surface area contributed by atoms with E-state index in [2.05, 4.69) is 10.2 Å². The van der Waals surface area contributed by atoms with E-state index in [1.807, 2.05) is 30.3 Å². The number of hydrogen-bond donors (Lipinski definition) is 2. The first-order valence-electron chi connectivity index (χ1n) is 10.3. The van der Waals surface area contributed by atoms with E-state index in [1.54, 1.807) is 0 Å². The topological polar surface area (TPSA) is 69.6 Å². The minimum Gasteiger partial charge on any atom is -0.383 e. The maximum atomic E-state index is 13.8. The van der Waals surface area contributed by atoms with Crippen molar-refractivity contribution in [1.29, 1.82) is 0 Å². The molecule has 5 heteroatoms. The van der Waals surface area contributed by atoms with E-state index >= 15 is 0 Å². The number of aliphatic hydroxyl groups is 1. The van der Waals surface area contributed by atoms with Gasteiger partial charge in [-0.05, 0) is 18.4 Å². The summed E-state index contributed by atoms with van der Waals surface area (Å²) in [5.41, 5.74) is -1.26. The van der Waals surface area contributed by atoms with E-state index in [0.717, 1.165) is 31.2 Å². The molecule has 0 radical (unpaired) electrons. The van der Waals surface area contributed by atoms with Crippen LogP contribution < -0.4 is 5.32 Å². The van der Waals surface area contributed by atoms with Crippen molar-refractivity contribution in [2.45, 2.75) is 44.1 Å². The van der Waals surface area contributed by atoms with Gasteiger partial charge in [0.15, 0.2) is 0 Å². The Morgan fingerprint density at radius 3 is 2.44 bits per heavy atom. The van der Waals surface area contributed by atoms with Gasteiger partial charge in [0.2, 0.25) is 0 Å². The molecule has 1 aromatic rings. The van der Waals surface area contributed by atoms with Crippen molar-refractivity contribution < 1.29 is 14.7 Å². The van der Waals surface area contributed by atoms with Gasteiger partial charge < -0.3 is 15.3 Å². The highest BCUT2D eigenvalue weighted by molar-refractivity contribution is 5.90. The quantitative estimate of drug-likeness (QED) is 0.828. The Hall–Kier alpha value is -1.56. The molecule has 146 valence electrons. The summed E-state index contributed by atoms with van der Waals surface area (Å²) in [4.78, 5) is 27.7. The lowest BCUT2D eigenvalue weighted by Crippen LogP contribution is -2.58. The van der Waals surface area contributed by atoms with Crippen molar-refractivity contribution in [3.8, 4) is 0 Å². The molecule has 0 spiro atoms. The number of carbonyl (C=O) groups is 2. The van der Waals surface area contributed by atoms with Gasteiger partial charge in [-0.25, -0.2) is 0 Å². The van der Waals surface area contributed by atoms with Gasteiger partial charge in [-0.15, -0.1) is 0 Å². The summed E-state index contributed by atoms with van der Waals surface area (Å²) in [6, 6.07) is 9.66. The fourth-order valence-electron chi connectivity index (χ4n) is 5.34. The molecule has 3 fully saturated rings. The molecule has 2 aliphatic heterocycles. The summed E-state index contributed by atoms with van der Waals surface area (Å²) >= 11 is 0. The summed E-state index contributed by atoms with van der Waals surface area (Å²) in [6.45, 7) is 2.78. The standard InChI is InChI=1S/C22H30N2O3/c25-19-10-12-24(13-11-19)16-21(20(26)17-6-4-5-7-17)14-23-15-22(21,27)18-8-2-1-3-9-18/h1-3,8-9,17,23,27H,4-7,10-16H2/t21-,22-/m1/s1. The molecule has 1 aliphatic carbocycles. The van der Waals surface area contributed by atoms with Gasteiger partial charge in [-0.2, -0.15) is 0 Å². The lowest BCUT2D eigenvalue weighted by atomic mass is 9.64. The normalized spacial score (nSPS) is 32.9. The van der Waals surface area contributed by atoms with Crippen LogP contribution in [0.25, 0.3) is 0 Å². The Bertz CT molecular complexity index is 691. The predicted octanol–water partition coefficient (Wildman–Crippen LogP) is 1.89. The molecule has 0 bridgehead atoms. The van der Waals surface area contributed by atoms with Crippen molar-refractivity contribution in [2.75, 3.05) is 32.7 Å². The van der Waals surface area contributed by atoms with Gasteiger partial charge in [0.05, 0.1) is 5.41 Å². The van der Waals surface area contributed by atoms with Crippen LogP contribution in [0, 0.1) is 11.3 Å². The number of carbonyl (C=O) groups excluding carboxylic acids is 2. The summed E-state index contributed by atoms with van der Waals surface area (Å²) < 4.78 is 0. The van der Waals surface area contributed by atoms with E-state index in [1.165, 1.54) is 0 Å². The van der Waals surface area contributed by atoms with E-state index < -0.39 is 11.0 Å². The third-order valence-corrected chi connectivity index (χ3v) is 6.96. The monoisotopic (exact) mass is 370 g/mol. The van der Waals surface area contributed by atoms with Crippen LogP contribution >= 0.6 is 0 Å². The van der Waals surface area contributed by atoms with Gasteiger partial charge in [-0.3, -0.25) is 9.59 Å². The Kier molecular flexibility index (Phi) is 5.19. The number of benzene rings is 1. The smallest absolute Gasteiger partial charge is 0.147 e. The summed E-state index contributed by atoms with van der Waals surface area (Å²) in [7, 11) is 0. The first kappa shape index (κ1) is 18.8. The van der Waals surface area contributed by atoms with Crippen LogP contribution in [0.15, 0.2) is 30.3 Å². The molecule has 27 heavy (non-hydrogen) atoms. The van der Waals surface area contributed by atoms with Gasteiger partial charge in [0.25, 0.3) is 0 Å². The Balaban J connectivity index is 1.70. The summed E-state index contributed by atoms with van der Waals surface area (Å²) in [6.07, 6.45) is 5.16. The zero-order chi connectivity index (χ0) is 18.9. The molecule has 2 N–H and O–H groups in total. The van der Waals surface area contributed by atoms with Crippen molar-refractivity contribution in [3.63, 3.8) is 0 Å². The molecule has 0 aromatic heterocycles.